The minimum absolute atomic E-state index is 0.0601. The van der Waals surface area contributed by atoms with Crippen molar-refractivity contribution in [2.45, 2.75) is 25.7 Å². The summed E-state index contributed by atoms with van der Waals surface area (Å²) < 4.78 is 37.9. The molecule has 0 saturated carbocycles. The van der Waals surface area contributed by atoms with E-state index in [-0.39, 0.29) is 12.3 Å². The van der Waals surface area contributed by atoms with Gasteiger partial charge in [-0.25, -0.2) is 9.50 Å². The van der Waals surface area contributed by atoms with Crippen LogP contribution >= 0.6 is 0 Å². The molecule has 9 heteroatoms. The number of imidazole rings is 1. The van der Waals surface area contributed by atoms with Crippen molar-refractivity contribution >= 4 is 5.65 Å². The van der Waals surface area contributed by atoms with Gasteiger partial charge in [0, 0.05) is 17.7 Å². The number of aromatic nitrogens is 3. The zero-order valence-electron chi connectivity index (χ0n) is 17.8. The molecule has 2 N–H and O–H groups in total. The summed E-state index contributed by atoms with van der Waals surface area (Å²) in [5, 5.41) is 18.6. The maximum Gasteiger partial charge on any atom is 0.387 e. The molecule has 2 unspecified atom stereocenters. The standard InChI is InChI=1S/C24H22F2N4O3/c1-2-32-15-9-7-14(8-10-15)17-11-12-20-28-22-18(31)13-27-21(23(22)30(20)29-17)16-5-3-4-6-19(16)33-24(25)26/h3-12,18,21,24,27,31H,2,13H2,1H3. The lowest BCUT2D eigenvalue weighted by Crippen LogP contribution is -2.35. The molecule has 3 heterocycles. The van der Waals surface area contributed by atoms with Gasteiger partial charge < -0.3 is 19.9 Å². The van der Waals surface area contributed by atoms with E-state index in [9.17, 15) is 13.9 Å². The minimum Gasteiger partial charge on any atom is -0.494 e. The topological polar surface area (TPSA) is 80.9 Å². The molecule has 2 atom stereocenters. The Morgan fingerprint density at radius 3 is 2.67 bits per heavy atom. The van der Waals surface area contributed by atoms with Gasteiger partial charge in [-0.05, 0) is 49.4 Å². The van der Waals surface area contributed by atoms with E-state index >= 15 is 0 Å². The van der Waals surface area contributed by atoms with Crippen LogP contribution in [-0.4, -0.2) is 39.5 Å². The third-order valence-electron chi connectivity index (χ3n) is 5.55. The molecule has 170 valence electrons. The smallest absolute Gasteiger partial charge is 0.387 e. The molecular formula is C24H22F2N4O3. The highest BCUT2D eigenvalue weighted by Gasteiger charge is 2.34. The first kappa shape index (κ1) is 21.3. The minimum atomic E-state index is -2.95. The van der Waals surface area contributed by atoms with E-state index in [1.807, 2.05) is 43.3 Å². The number of alkyl halides is 2. The fourth-order valence-corrected chi connectivity index (χ4v) is 4.13. The first-order valence-electron chi connectivity index (χ1n) is 10.6. The third kappa shape index (κ3) is 4.01. The first-order chi connectivity index (χ1) is 16.0. The normalized spacial score (nSPS) is 17.8. The molecule has 0 amide bonds. The van der Waals surface area contributed by atoms with Crippen LogP contribution in [0.1, 0.15) is 36.0 Å². The van der Waals surface area contributed by atoms with Gasteiger partial charge in [0.25, 0.3) is 0 Å². The summed E-state index contributed by atoms with van der Waals surface area (Å²) in [4.78, 5) is 4.58. The molecule has 33 heavy (non-hydrogen) atoms. The van der Waals surface area contributed by atoms with Crippen molar-refractivity contribution in [1.29, 1.82) is 0 Å². The largest absolute Gasteiger partial charge is 0.494 e. The van der Waals surface area contributed by atoms with Crippen LogP contribution in [0.15, 0.2) is 60.7 Å². The second-order valence-electron chi connectivity index (χ2n) is 7.60. The SMILES string of the molecule is CCOc1ccc(-c2ccc3nc4c(n3n2)C(c2ccccc2OC(F)F)NCC4O)cc1. The Morgan fingerprint density at radius 2 is 1.91 bits per heavy atom. The molecule has 0 radical (unpaired) electrons. The summed E-state index contributed by atoms with van der Waals surface area (Å²) in [7, 11) is 0. The van der Waals surface area contributed by atoms with E-state index in [1.54, 1.807) is 22.7 Å². The zero-order valence-corrected chi connectivity index (χ0v) is 17.8. The van der Waals surface area contributed by atoms with Gasteiger partial charge in [0.2, 0.25) is 0 Å². The van der Waals surface area contributed by atoms with E-state index in [0.717, 1.165) is 11.3 Å². The van der Waals surface area contributed by atoms with Crippen LogP contribution in [0.2, 0.25) is 0 Å². The Hall–Kier alpha value is -3.56. The summed E-state index contributed by atoms with van der Waals surface area (Å²) in [6, 6.07) is 17.3. The molecule has 0 aliphatic carbocycles. The number of aliphatic hydroxyl groups is 1. The van der Waals surface area contributed by atoms with Crippen molar-refractivity contribution in [3.05, 3.63) is 77.6 Å². The Morgan fingerprint density at radius 1 is 1.12 bits per heavy atom. The molecule has 2 aromatic heterocycles. The third-order valence-corrected chi connectivity index (χ3v) is 5.55. The van der Waals surface area contributed by atoms with E-state index < -0.39 is 18.8 Å². The lowest BCUT2D eigenvalue weighted by atomic mass is 9.96. The summed E-state index contributed by atoms with van der Waals surface area (Å²) in [5.41, 5.74) is 3.69. The number of rotatable bonds is 6. The second-order valence-corrected chi connectivity index (χ2v) is 7.60. The number of aliphatic hydroxyl groups excluding tert-OH is 1. The van der Waals surface area contributed by atoms with Crippen molar-refractivity contribution < 1.29 is 23.4 Å². The van der Waals surface area contributed by atoms with Crippen LogP contribution in [0, 0.1) is 0 Å². The number of hydrogen-bond acceptors (Lipinski definition) is 6. The maximum atomic E-state index is 13.0. The molecular weight excluding hydrogens is 430 g/mol. The zero-order chi connectivity index (χ0) is 22.9. The van der Waals surface area contributed by atoms with Gasteiger partial charge >= 0.3 is 6.61 Å². The number of ether oxygens (including phenoxy) is 2. The number of nitrogens with one attached hydrogen (secondary N) is 1. The number of β-amino-alcohol motifs (C(OH)–C–C–N with tert-alkyl or cyclic N) is 1. The van der Waals surface area contributed by atoms with Gasteiger partial charge in [-0.1, -0.05) is 18.2 Å². The van der Waals surface area contributed by atoms with Gasteiger partial charge in [-0.2, -0.15) is 13.9 Å². The van der Waals surface area contributed by atoms with Gasteiger partial charge in [-0.15, -0.1) is 0 Å². The Kier molecular flexibility index (Phi) is 5.65. The van der Waals surface area contributed by atoms with Crippen LogP contribution in [0.4, 0.5) is 8.78 Å². The molecule has 0 bridgehead atoms. The highest BCUT2D eigenvalue weighted by Crippen LogP contribution is 2.37. The molecule has 5 rings (SSSR count). The number of hydrogen-bond donors (Lipinski definition) is 2. The summed E-state index contributed by atoms with van der Waals surface area (Å²) in [6.07, 6.45) is -0.852. The van der Waals surface area contributed by atoms with Gasteiger partial charge in [0.05, 0.1) is 29.7 Å². The molecule has 1 aliphatic rings. The van der Waals surface area contributed by atoms with E-state index in [1.165, 1.54) is 6.07 Å². The molecule has 7 nitrogen and oxygen atoms in total. The van der Waals surface area contributed by atoms with Crippen LogP contribution in [0.5, 0.6) is 11.5 Å². The Labute approximate surface area is 188 Å². The molecule has 2 aromatic carbocycles. The monoisotopic (exact) mass is 452 g/mol. The molecule has 0 fully saturated rings. The number of halogens is 2. The first-order valence-corrected chi connectivity index (χ1v) is 10.6. The highest BCUT2D eigenvalue weighted by atomic mass is 19.3. The predicted molar refractivity (Wildman–Crippen MR) is 117 cm³/mol. The average Bonchev–Trinajstić information content (AvgIpc) is 3.20. The fraction of sp³-hybridized carbons (Fsp3) is 0.250. The van der Waals surface area contributed by atoms with E-state index in [2.05, 4.69) is 10.3 Å². The van der Waals surface area contributed by atoms with Crippen molar-refractivity contribution in [3.63, 3.8) is 0 Å². The fourth-order valence-electron chi connectivity index (χ4n) is 4.13. The Bertz CT molecular complexity index is 1280. The van der Waals surface area contributed by atoms with Crippen molar-refractivity contribution in [2.75, 3.05) is 13.2 Å². The molecule has 0 saturated heterocycles. The van der Waals surface area contributed by atoms with Gasteiger partial charge in [-0.3, -0.25) is 0 Å². The van der Waals surface area contributed by atoms with Crippen molar-refractivity contribution in [3.8, 4) is 22.8 Å². The van der Waals surface area contributed by atoms with Crippen LogP contribution in [0.25, 0.3) is 16.9 Å². The van der Waals surface area contributed by atoms with E-state index in [0.29, 0.717) is 34.9 Å². The maximum absolute atomic E-state index is 13.0. The van der Waals surface area contributed by atoms with Gasteiger partial charge in [0.15, 0.2) is 5.65 Å². The Balaban J connectivity index is 1.62. The number of nitrogens with zero attached hydrogens (tertiary/aromatic N) is 3. The number of benzene rings is 2. The van der Waals surface area contributed by atoms with Crippen LogP contribution in [-0.2, 0) is 0 Å². The average molecular weight is 452 g/mol. The summed E-state index contributed by atoms with van der Waals surface area (Å²) in [6.45, 7) is -0.227. The van der Waals surface area contributed by atoms with Crippen molar-refractivity contribution in [1.82, 2.24) is 19.9 Å². The van der Waals surface area contributed by atoms with Crippen molar-refractivity contribution in [2.24, 2.45) is 0 Å². The number of para-hydroxylation sites is 1. The number of fused-ring (bicyclic) bond motifs is 3. The lowest BCUT2D eigenvalue weighted by molar-refractivity contribution is -0.0507. The molecule has 4 aromatic rings. The van der Waals surface area contributed by atoms with Crippen LogP contribution < -0.4 is 14.8 Å². The molecule has 1 aliphatic heterocycles. The lowest BCUT2D eigenvalue weighted by Gasteiger charge is -2.28. The summed E-state index contributed by atoms with van der Waals surface area (Å²) in [5.74, 6) is 0.829. The van der Waals surface area contributed by atoms with Crippen LogP contribution in [0.3, 0.4) is 0 Å². The molecule has 0 spiro atoms. The predicted octanol–water partition coefficient (Wildman–Crippen LogP) is 4.12. The second kappa shape index (κ2) is 8.76. The quantitative estimate of drug-likeness (QED) is 0.458. The van der Waals surface area contributed by atoms with E-state index in [4.69, 9.17) is 14.6 Å². The summed E-state index contributed by atoms with van der Waals surface area (Å²) >= 11 is 0. The highest BCUT2D eigenvalue weighted by molar-refractivity contribution is 5.62. The van der Waals surface area contributed by atoms with Gasteiger partial charge in [0.1, 0.15) is 17.6 Å².